The van der Waals surface area contributed by atoms with Crippen LogP contribution < -0.4 is 0 Å². The number of aryl methyl sites for hydroxylation is 2. The van der Waals surface area contributed by atoms with Crippen LogP contribution in [0.3, 0.4) is 0 Å². The van der Waals surface area contributed by atoms with Crippen LogP contribution in [0.15, 0.2) is 48.8 Å². The second-order valence-corrected chi connectivity index (χ2v) is 6.19. The molecule has 1 aliphatic heterocycles. The van der Waals surface area contributed by atoms with Gasteiger partial charge < -0.3 is 9.47 Å². The molecule has 1 aliphatic rings. The van der Waals surface area contributed by atoms with Crippen LogP contribution in [-0.2, 0) is 25.9 Å². The van der Waals surface area contributed by atoms with Crippen molar-refractivity contribution < 1.29 is 0 Å². The molecule has 120 valence electrons. The van der Waals surface area contributed by atoms with Gasteiger partial charge in [0.2, 0.25) is 0 Å². The molecule has 0 aliphatic carbocycles. The third-order valence-electron chi connectivity index (χ3n) is 4.73. The fourth-order valence-corrected chi connectivity index (χ4v) is 3.58. The average Bonchev–Trinajstić information content (AvgIpc) is 2.87. The van der Waals surface area contributed by atoms with Crippen molar-refractivity contribution >= 4 is 23.3 Å². The molecule has 0 N–H and O–H groups in total. The molecule has 3 nitrogen and oxygen atoms in total. The maximum atomic E-state index is 4.11. The topological polar surface area (TPSA) is 21.1 Å². The van der Waals surface area contributed by atoms with Gasteiger partial charge in [0, 0.05) is 55.0 Å². The first kappa shape index (κ1) is 16.0. The van der Waals surface area contributed by atoms with Gasteiger partial charge in [-0.15, -0.1) is 12.4 Å². The van der Waals surface area contributed by atoms with Crippen LogP contribution >= 0.6 is 12.4 Å². The van der Waals surface area contributed by atoms with Crippen LogP contribution in [0.2, 0.25) is 0 Å². The van der Waals surface area contributed by atoms with Crippen LogP contribution in [0.5, 0.6) is 0 Å². The molecular weight excluding hydrogens is 306 g/mol. The third kappa shape index (κ3) is 2.99. The Morgan fingerprint density at radius 1 is 1.09 bits per heavy atom. The quantitative estimate of drug-likeness (QED) is 0.731. The molecule has 1 aromatic carbocycles. The zero-order valence-corrected chi connectivity index (χ0v) is 14.2. The summed E-state index contributed by atoms with van der Waals surface area (Å²) in [4.78, 5) is 6.53. The molecule has 0 bridgehead atoms. The Labute approximate surface area is 143 Å². The van der Waals surface area contributed by atoms with E-state index in [2.05, 4.69) is 57.9 Å². The van der Waals surface area contributed by atoms with E-state index in [1.807, 2.05) is 12.4 Å². The van der Waals surface area contributed by atoms with Crippen molar-refractivity contribution in [2.45, 2.75) is 25.9 Å². The number of fused-ring (bicyclic) bond motifs is 3. The van der Waals surface area contributed by atoms with Crippen molar-refractivity contribution in [2.75, 3.05) is 13.6 Å². The number of nitrogens with zero attached hydrogens (tertiary/aromatic N) is 3. The average molecular weight is 328 g/mol. The molecule has 0 radical (unpaired) electrons. The molecule has 4 rings (SSSR count). The van der Waals surface area contributed by atoms with Gasteiger partial charge in [-0.2, -0.15) is 0 Å². The minimum absolute atomic E-state index is 0. The van der Waals surface area contributed by atoms with Crippen LogP contribution in [0.4, 0.5) is 0 Å². The Kier molecular flexibility index (Phi) is 4.69. The summed E-state index contributed by atoms with van der Waals surface area (Å²) in [6.07, 6.45) is 5.97. The van der Waals surface area contributed by atoms with E-state index in [9.17, 15) is 0 Å². The number of benzene rings is 1. The molecule has 23 heavy (non-hydrogen) atoms. The fourth-order valence-electron chi connectivity index (χ4n) is 3.58. The molecule has 0 atom stereocenters. The molecule has 2 aromatic heterocycles. The molecule has 0 amide bonds. The van der Waals surface area contributed by atoms with E-state index >= 15 is 0 Å². The lowest BCUT2D eigenvalue weighted by Crippen LogP contribution is -2.27. The summed E-state index contributed by atoms with van der Waals surface area (Å²) in [5.74, 6) is 0. The highest BCUT2D eigenvalue weighted by molar-refractivity contribution is 5.86. The van der Waals surface area contributed by atoms with E-state index in [0.717, 1.165) is 32.5 Å². The highest BCUT2D eigenvalue weighted by Gasteiger charge is 2.21. The van der Waals surface area contributed by atoms with Crippen molar-refractivity contribution in [3.05, 3.63) is 65.6 Å². The summed E-state index contributed by atoms with van der Waals surface area (Å²) in [5.41, 5.74) is 5.80. The van der Waals surface area contributed by atoms with Gasteiger partial charge in [-0.1, -0.05) is 18.2 Å². The Morgan fingerprint density at radius 3 is 2.70 bits per heavy atom. The Morgan fingerprint density at radius 2 is 1.87 bits per heavy atom. The summed E-state index contributed by atoms with van der Waals surface area (Å²) in [5, 5.41) is 1.43. The molecule has 0 unspecified atom stereocenters. The number of para-hydroxylation sites is 1. The minimum Gasteiger partial charge on any atom is -0.344 e. The van der Waals surface area contributed by atoms with Crippen molar-refractivity contribution in [2.24, 2.45) is 0 Å². The van der Waals surface area contributed by atoms with E-state index in [1.165, 1.54) is 27.7 Å². The van der Waals surface area contributed by atoms with E-state index in [1.54, 1.807) is 0 Å². The largest absolute Gasteiger partial charge is 0.344 e. The number of hydrogen-bond acceptors (Lipinski definition) is 2. The van der Waals surface area contributed by atoms with Crippen molar-refractivity contribution in [1.82, 2.24) is 14.5 Å². The maximum Gasteiger partial charge on any atom is 0.0486 e. The fraction of sp³-hybridized carbons (Fsp3) is 0.316. The first-order valence-corrected chi connectivity index (χ1v) is 7.99. The summed E-state index contributed by atoms with van der Waals surface area (Å²) >= 11 is 0. The first-order chi connectivity index (χ1) is 10.8. The Balaban J connectivity index is 0.00000156. The molecule has 0 saturated heterocycles. The van der Waals surface area contributed by atoms with E-state index < -0.39 is 0 Å². The summed E-state index contributed by atoms with van der Waals surface area (Å²) < 4.78 is 2.54. The highest BCUT2D eigenvalue weighted by atomic mass is 35.5. The molecule has 4 heteroatoms. The summed E-state index contributed by atoms with van der Waals surface area (Å²) in [6.45, 7) is 3.26. The van der Waals surface area contributed by atoms with Crippen LogP contribution in [0.25, 0.3) is 10.9 Å². The molecule has 0 fully saturated rings. The Bertz CT molecular complexity index is 795. The van der Waals surface area contributed by atoms with Crippen LogP contribution in [0.1, 0.15) is 16.8 Å². The monoisotopic (exact) mass is 327 g/mol. The Hall–Kier alpha value is -1.84. The SMILES string of the molecule is CN1CCc2c(c3ccccc3n2CCc2ccncc2)C1.Cl. The van der Waals surface area contributed by atoms with Crippen LogP contribution in [-0.4, -0.2) is 28.0 Å². The molecule has 3 aromatic rings. The van der Waals surface area contributed by atoms with Gasteiger partial charge in [0.05, 0.1) is 0 Å². The second kappa shape index (κ2) is 6.73. The molecule has 0 saturated carbocycles. The van der Waals surface area contributed by atoms with Gasteiger partial charge in [0.25, 0.3) is 0 Å². The third-order valence-corrected chi connectivity index (χ3v) is 4.73. The summed E-state index contributed by atoms with van der Waals surface area (Å²) in [7, 11) is 2.21. The number of aromatic nitrogens is 2. The van der Waals surface area contributed by atoms with E-state index in [-0.39, 0.29) is 12.4 Å². The van der Waals surface area contributed by atoms with Gasteiger partial charge in [0.1, 0.15) is 0 Å². The number of pyridine rings is 1. The molecular formula is C19H22ClN3. The zero-order chi connectivity index (χ0) is 14.9. The lowest BCUT2D eigenvalue weighted by molar-refractivity contribution is 0.309. The van der Waals surface area contributed by atoms with Gasteiger partial charge in [-0.05, 0) is 42.8 Å². The number of hydrogen-bond donors (Lipinski definition) is 0. The van der Waals surface area contributed by atoms with Crippen LogP contribution in [0, 0.1) is 0 Å². The minimum atomic E-state index is 0. The van der Waals surface area contributed by atoms with Gasteiger partial charge in [-0.25, -0.2) is 0 Å². The van der Waals surface area contributed by atoms with Crippen molar-refractivity contribution in [3.8, 4) is 0 Å². The van der Waals surface area contributed by atoms with Gasteiger partial charge >= 0.3 is 0 Å². The molecule has 3 heterocycles. The van der Waals surface area contributed by atoms with Crippen molar-refractivity contribution in [1.29, 1.82) is 0 Å². The number of halogens is 1. The predicted molar refractivity (Wildman–Crippen MR) is 97.2 cm³/mol. The maximum absolute atomic E-state index is 4.11. The van der Waals surface area contributed by atoms with Gasteiger partial charge in [-0.3, -0.25) is 4.98 Å². The highest BCUT2D eigenvalue weighted by Crippen LogP contribution is 2.30. The van der Waals surface area contributed by atoms with E-state index in [0.29, 0.717) is 0 Å². The lowest BCUT2D eigenvalue weighted by Gasteiger charge is -2.24. The second-order valence-electron chi connectivity index (χ2n) is 6.19. The lowest BCUT2D eigenvalue weighted by atomic mass is 10.1. The number of likely N-dealkylation sites (N-methyl/N-ethyl adjacent to an activating group) is 1. The normalized spacial score (nSPS) is 14.5. The standard InChI is InChI=1S/C19H21N3.ClH/c1-21-12-9-19-17(14-21)16-4-2-3-5-18(16)22(19)13-8-15-6-10-20-11-7-15;/h2-7,10-11H,8-9,12-14H2,1H3;1H. The van der Waals surface area contributed by atoms with Gasteiger partial charge in [0.15, 0.2) is 0 Å². The van der Waals surface area contributed by atoms with E-state index in [4.69, 9.17) is 0 Å². The molecule has 0 spiro atoms. The first-order valence-electron chi connectivity index (χ1n) is 7.99. The predicted octanol–water partition coefficient (Wildman–Crippen LogP) is 3.69. The smallest absolute Gasteiger partial charge is 0.0486 e. The number of rotatable bonds is 3. The zero-order valence-electron chi connectivity index (χ0n) is 13.4. The summed E-state index contributed by atoms with van der Waals surface area (Å²) in [6, 6.07) is 13.1. The van der Waals surface area contributed by atoms with Crippen molar-refractivity contribution in [3.63, 3.8) is 0 Å².